The summed E-state index contributed by atoms with van der Waals surface area (Å²) >= 11 is 1.52. The summed E-state index contributed by atoms with van der Waals surface area (Å²) in [4.78, 5) is 16.3. The van der Waals surface area contributed by atoms with Gasteiger partial charge in [-0.25, -0.2) is 4.79 Å². The molecule has 0 saturated carbocycles. The van der Waals surface area contributed by atoms with Crippen LogP contribution in [0.5, 0.6) is 5.75 Å². The summed E-state index contributed by atoms with van der Waals surface area (Å²) in [6, 6.07) is 12.0. The van der Waals surface area contributed by atoms with E-state index in [9.17, 15) is 4.79 Å². The lowest BCUT2D eigenvalue weighted by atomic mass is 10.2. The second-order valence-electron chi connectivity index (χ2n) is 5.68. The molecule has 0 radical (unpaired) electrons. The van der Waals surface area contributed by atoms with Crippen molar-refractivity contribution in [3.63, 3.8) is 0 Å². The highest BCUT2D eigenvalue weighted by molar-refractivity contribution is 7.22. The number of nitrogens with zero attached hydrogens (tertiary/aromatic N) is 1. The number of carbonyl (C=O) groups is 1. The Morgan fingerprint density at radius 1 is 1.29 bits per heavy atom. The van der Waals surface area contributed by atoms with Gasteiger partial charge >= 0.3 is 6.09 Å². The number of hydrogen-bond acceptors (Lipinski definition) is 5. The first-order valence-corrected chi connectivity index (χ1v) is 8.57. The molecule has 2 aromatic heterocycles. The number of benzene rings is 1. The molecule has 0 bridgehead atoms. The van der Waals surface area contributed by atoms with Gasteiger partial charge in [0, 0.05) is 35.2 Å². The number of carbonyl (C=O) groups excluding carboxylic acids is 1. The van der Waals surface area contributed by atoms with Gasteiger partial charge in [-0.2, -0.15) is 0 Å². The van der Waals surface area contributed by atoms with E-state index in [0.717, 1.165) is 20.7 Å². The molecule has 0 saturated heterocycles. The van der Waals surface area contributed by atoms with Gasteiger partial charge in [0.2, 0.25) is 0 Å². The Kier molecular flexibility index (Phi) is 5.08. The van der Waals surface area contributed by atoms with Crippen LogP contribution in [-0.2, 0) is 6.54 Å². The molecule has 0 aliphatic carbocycles. The van der Waals surface area contributed by atoms with Crippen LogP contribution in [0, 0.1) is 0 Å². The van der Waals surface area contributed by atoms with Crippen LogP contribution in [0.1, 0.15) is 19.4 Å². The number of rotatable bonds is 5. The van der Waals surface area contributed by atoms with Crippen molar-refractivity contribution in [1.82, 2.24) is 10.3 Å². The van der Waals surface area contributed by atoms with Gasteiger partial charge in [0.1, 0.15) is 5.75 Å². The van der Waals surface area contributed by atoms with Crippen molar-refractivity contribution in [3.8, 4) is 5.75 Å². The lowest BCUT2D eigenvalue weighted by Gasteiger charge is -2.12. The van der Waals surface area contributed by atoms with Crippen LogP contribution >= 0.6 is 11.3 Å². The van der Waals surface area contributed by atoms with Crippen molar-refractivity contribution in [3.05, 3.63) is 54.4 Å². The number of hydrogen-bond donors (Lipinski definition) is 2. The minimum atomic E-state index is -0.501. The van der Waals surface area contributed by atoms with Gasteiger partial charge in [0.05, 0.1) is 5.00 Å². The molecule has 0 spiro atoms. The van der Waals surface area contributed by atoms with Gasteiger partial charge in [0.25, 0.3) is 0 Å². The Morgan fingerprint density at radius 3 is 2.92 bits per heavy atom. The summed E-state index contributed by atoms with van der Waals surface area (Å²) in [5.74, 6) is 0.511. The third-order valence-corrected chi connectivity index (χ3v) is 4.44. The summed E-state index contributed by atoms with van der Waals surface area (Å²) < 4.78 is 6.58. The SMILES string of the molecule is CC(C)NCc1cnccc1OC(=O)Nc1cc2ccccc2s1. The fourth-order valence-corrected chi connectivity index (χ4v) is 3.18. The molecular weight excluding hydrogens is 322 g/mol. The van der Waals surface area contributed by atoms with Crippen LogP contribution in [0.2, 0.25) is 0 Å². The van der Waals surface area contributed by atoms with Crippen LogP contribution in [0.15, 0.2) is 48.8 Å². The van der Waals surface area contributed by atoms with Gasteiger partial charge in [-0.05, 0) is 23.6 Å². The fourth-order valence-electron chi connectivity index (χ4n) is 2.23. The number of anilines is 1. The van der Waals surface area contributed by atoms with Gasteiger partial charge in [-0.1, -0.05) is 32.0 Å². The monoisotopic (exact) mass is 341 g/mol. The normalized spacial score (nSPS) is 11.0. The van der Waals surface area contributed by atoms with Crippen LogP contribution in [0.4, 0.5) is 9.80 Å². The van der Waals surface area contributed by atoms with E-state index in [1.807, 2.05) is 30.3 Å². The molecule has 3 rings (SSSR count). The second-order valence-corrected chi connectivity index (χ2v) is 6.77. The molecule has 2 heterocycles. The number of pyridine rings is 1. The fraction of sp³-hybridized carbons (Fsp3) is 0.222. The molecule has 0 aliphatic rings. The Bertz CT molecular complexity index is 812. The third kappa shape index (κ3) is 4.10. The topological polar surface area (TPSA) is 63.3 Å². The average molecular weight is 341 g/mol. The number of nitrogens with one attached hydrogen (secondary N) is 2. The first-order valence-electron chi connectivity index (χ1n) is 7.75. The summed E-state index contributed by atoms with van der Waals surface area (Å²) in [7, 11) is 0. The van der Waals surface area contributed by atoms with E-state index < -0.39 is 6.09 Å². The molecule has 24 heavy (non-hydrogen) atoms. The zero-order chi connectivity index (χ0) is 16.9. The van der Waals surface area contributed by atoms with Crippen LogP contribution in [0.25, 0.3) is 10.1 Å². The van der Waals surface area contributed by atoms with Gasteiger partial charge in [0.15, 0.2) is 0 Å². The van der Waals surface area contributed by atoms with E-state index in [1.165, 1.54) is 11.3 Å². The zero-order valence-corrected chi connectivity index (χ0v) is 14.4. The molecule has 0 aliphatic heterocycles. The Morgan fingerprint density at radius 2 is 2.12 bits per heavy atom. The summed E-state index contributed by atoms with van der Waals surface area (Å²) in [5.41, 5.74) is 0.845. The smallest absolute Gasteiger partial charge is 0.410 e. The molecular formula is C18H19N3O2S. The highest BCUT2D eigenvalue weighted by Crippen LogP contribution is 2.29. The van der Waals surface area contributed by atoms with Crippen molar-refractivity contribution in [2.45, 2.75) is 26.4 Å². The number of ether oxygens (including phenoxy) is 1. The molecule has 2 N–H and O–H groups in total. The Labute approximate surface area is 144 Å². The zero-order valence-electron chi connectivity index (χ0n) is 13.6. The molecule has 0 fully saturated rings. The van der Waals surface area contributed by atoms with E-state index in [1.54, 1.807) is 18.5 Å². The van der Waals surface area contributed by atoms with E-state index in [2.05, 4.69) is 29.5 Å². The van der Waals surface area contributed by atoms with Gasteiger partial charge in [-0.3, -0.25) is 10.3 Å². The first kappa shape index (κ1) is 16.4. The summed E-state index contributed by atoms with van der Waals surface area (Å²) in [6.07, 6.45) is 2.82. The summed E-state index contributed by atoms with van der Waals surface area (Å²) in [5, 5.41) is 7.94. The first-order chi connectivity index (χ1) is 11.6. The third-order valence-electron chi connectivity index (χ3n) is 3.41. The predicted octanol–water partition coefficient (Wildman–Crippen LogP) is 4.41. The maximum absolute atomic E-state index is 12.2. The predicted molar refractivity (Wildman–Crippen MR) is 97.7 cm³/mol. The minimum Gasteiger partial charge on any atom is -0.410 e. The van der Waals surface area contributed by atoms with Gasteiger partial charge < -0.3 is 10.1 Å². The van der Waals surface area contributed by atoms with E-state index in [4.69, 9.17) is 4.74 Å². The Hall–Kier alpha value is -2.44. The summed E-state index contributed by atoms with van der Waals surface area (Å²) in [6.45, 7) is 4.72. The Balaban J connectivity index is 1.68. The highest BCUT2D eigenvalue weighted by Gasteiger charge is 2.11. The molecule has 1 aromatic carbocycles. The lowest BCUT2D eigenvalue weighted by Crippen LogP contribution is -2.23. The van der Waals surface area contributed by atoms with Gasteiger partial charge in [-0.15, -0.1) is 11.3 Å². The molecule has 1 amide bonds. The number of aromatic nitrogens is 1. The maximum atomic E-state index is 12.2. The molecule has 0 atom stereocenters. The maximum Gasteiger partial charge on any atom is 0.417 e. The van der Waals surface area contributed by atoms with E-state index >= 15 is 0 Å². The van der Waals surface area contributed by atoms with Crippen molar-refractivity contribution in [2.24, 2.45) is 0 Å². The van der Waals surface area contributed by atoms with Crippen molar-refractivity contribution in [1.29, 1.82) is 0 Å². The molecule has 0 unspecified atom stereocenters. The number of amides is 1. The number of fused-ring (bicyclic) bond motifs is 1. The highest BCUT2D eigenvalue weighted by atomic mass is 32.1. The minimum absolute atomic E-state index is 0.338. The van der Waals surface area contributed by atoms with Crippen LogP contribution in [-0.4, -0.2) is 17.1 Å². The van der Waals surface area contributed by atoms with E-state index in [-0.39, 0.29) is 0 Å². The van der Waals surface area contributed by atoms with E-state index in [0.29, 0.717) is 18.3 Å². The lowest BCUT2D eigenvalue weighted by molar-refractivity contribution is 0.214. The van der Waals surface area contributed by atoms with Crippen molar-refractivity contribution < 1.29 is 9.53 Å². The molecule has 5 nitrogen and oxygen atoms in total. The van der Waals surface area contributed by atoms with Crippen molar-refractivity contribution >= 4 is 32.5 Å². The largest absolute Gasteiger partial charge is 0.417 e. The average Bonchev–Trinajstić information content (AvgIpc) is 2.96. The quantitative estimate of drug-likeness (QED) is 0.722. The molecule has 6 heteroatoms. The number of thiophene rings is 1. The second kappa shape index (κ2) is 7.42. The van der Waals surface area contributed by atoms with Crippen molar-refractivity contribution in [2.75, 3.05) is 5.32 Å². The molecule has 124 valence electrons. The standard InChI is InChI=1S/C18H19N3O2S/c1-12(2)20-11-14-10-19-8-7-15(14)23-18(22)21-17-9-13-5-3-4-6-16(13)24-17/h3-10,12,20H,11H2,1-2H3,(H,21,22). The van der Waals surface area contributed by atoms with Crippen LogP contribution < -0.4 is 15.4 Å². The molecule has 3 aromatic rings. The van der Waals surface area contributed by atoms with Crippen LogP contribution in [0.3, 0.4) is 0 Å².